The van der Waals surface area contributed by atoms with E-state index in [4.69, 9.17) is 4.42 Å². The molecule has 0 bridgehead atoms. The van der Waals surface area contributed by atoms with E-state index in [0.717, 1.165) is 0 Å². The van der Waals surface area contributed by atoms with E-state index in [1.54, 1.807) is 6.07 Å². The van der Waals surface area contributed by atoms with Crippen molar-refractivity contribution < 1.29 is 14.4 Å². The van der Waals surface area contributed by atoms with Crippen molar-refractivity contribution in [3.63, 3.8) is 0 Å². The van der Waals surface area contributed by atoms with Gasteiger partial charge in [-0.25, -0.2) is 0 Å². The van der Waals surface area contributed by atoms with Gasteiger partial charge in [0.15, 0.2) is 0 Å². The van der Waals surface area contributed by atoms with Gasteiger partial charge in [0.1, 0.15) is 17.6 Å². The molecular weight excluding hydrogens is 348 g/mol. The summed E-state index contributed by atoms with van der Waals surface area (Å²) in [5.74, 6) is 0.143. The predicted octanol–water partition coefficient (Wildman–Crippen LogP) is 3.70. The maximum absolute atomic E-state index is 13.1. The Bertz CT molecular complexity index is 1070. The number of phenolic OH excluding ortho intramolecular Hbond substituents is 1. The van der Waals surface area contributed by atoms with Gasteiger partial charge < -0.3 is 14.4 Å². The third kappa shape index (κ3) is 3.41. The lowest BCUT2D eigenvalue weighted by atomic mass is 9.99. The van der Waals surface area contributed by atoms with Crippen molar-refractivity contribution in [3.8, 4) is 16.9 Å². The number of rotatable bonds is 5. The summed E-state index contributed by atoms with van der Waals surface area (Å²) >= 11 is 0. The topological polar surface area (TPSA) is 96.8 Å². The fourth-order valence-corrected chi connectivity index (χ4v) is 3.09. The molecule has 0 saturated carbocycles. The summed E-state index contributed by atoms with van der Waals surface area (Å²) in [7, 11) is 3.74. The molecule has 3 rings (SSSR count). The molecule has 7 nitrogen and oxygen atoms in total. The van der Waals surface area contributed by atoms with E-state index < -0.39 is 4.92 Å². The van der Waals surface area contributed by atoms with Crippen LogP contribution in [0.25, 0.3) is 22.1 Å². The molecule has 1 N–H and O–H groups in total. The largest absolute Gasteiger partial charge is 0.507 e. The highest BCUT2D eigenvalue weighted by Gasteiger charge is 2.19. The minimum Gasteiger partial charge on any atom is -0.507 e. The van der Waals surface area contributed by atoms with Crippen molar-refractivity contribution in [3.05, 3.63) is 68.1 Å². The molecule has 0 aliphatic rings. The summed E-state index contributed by atoms with van der Waals surface area (Å²) in [5.41, 5.74) is 2.18. The average molecular weight is 368 g/mol. The molecule has 0 aliphatic heterocycles. The molecule has 0 atom stereocenters. The lowest BCUT2D eigenvalue weighted by Gasteiger charge is -2.16. The van der Waals surface area contributed by atoms with Crippen molar-refractivity contribution in [2.24, 2.45) is 0 Å². The van der Waals surface area contributed by atoms with Crippen LogP contribution in [0.5, 0.6) is 5.75 Å². The Morgan fingerprint density at radius 1 is 1.22 bits per heavy atom. The molecule has 27 heavy (non-hydrogen) atoms. The molecule has 0 unspecified atom stereocenters. The molecule has 2 aromatic carbocycles. The molecule has 0 radical (unpaired) electrons. The number of aryl methyl sites for hydroxylation is 1. The highest BCUT2D eigenvalue weighted by atomic mass is 16.6. The second kappa shape index (κ2) is 7.20. The fraction of sp³-hybridized carbons (Fsp3) is 0.250. The smallest absolute Gasteiger partial charge is 0.269 e. The van der Waals surface area contributed by atoms with Crippen LogP contribution in [0, 0.1) is 10.1 Å². The number of nitrogens with zero attached hydrogens (tertiary/aromatic N) is 2. The molecule has 140 valence electrons. The Kier molecular flexibility index (Phi) is 4.96. The average Bonchev–Trinajstić information content (AvgIpc) is 2.64. The summed E-state index contributed by atoms with van der Waals surface area (Å²) in [6.45, 7) is 2.33. The Morgan fingerprint density at radius 3 is 2.44 bits per heavy atom. The monoisotopic (exact) mass is 368 g/mol. The van der Waals surface area contributed by atoms with E-state index in [9.17, 15) is 20.0 Å². The Balaban J connectivity index is 2.24. The number of aromatic hydroxyl groups is 1. The highest BCUT2D eigenvalue weighted by Crippen LogP contribution is 2.32. The van der Waals surface area contributed by atoms with Crippen LogP contribution >= 0.6 is 0 Å². The van der Waals surface area contributed by atoms with Crippen LogP contribution in [0.4, 0.5) is 5.69 Å². The van der Waals surface area contributed by atoms with Crippen LogP contribution in [0.15, 0.2) is 45.8 Å². The van der Waals surface area contributed by atoms with E-state index in [0.29, 0.717) is 46.2 Å². The first kappa shape index (κ1) is 18.6. The summed E-state index contributed by atoms with van der Waals surface area (Å²) in [6.07, 6.45) is 1.92. The van der Waals surface area contributed by atoms with Crippen LogP contribution in [0.3, 0.4) is 0 Å². The van der Waals surface area contributed by atoms with Crippen molar-refractivity contribution >= 4 is 16.7 Å². The van der Waals surface area contributed by atoms with Gasteiger partial charge >= 0.3 is 0 Å². The van der Waals surface area contributed by atoms with Crippen molar-refractivity contribution in [1.82, 2.24) is 4.90 Å². The van der Waals surface area contributed by atoms with E-state index in [2.05, 4.69) is 0 Å². The first-order valence-electron chi connectivity index (χ1n) is 8.52. The normalized spacial score (nSPS) is 11.3. The van der Waals surface area contributed by atoms with Gasteiger partial charge in [-0.15, -0.1) is 0 Å². The maximum atomic E-state index is 13.1. The zero-order chi connectivity index (χ0) is 19.7. The maximum Gasteiger partial charge on any atom is 0.269 e. The molecule has 7 heteroatoms. The lowest BCUT2D eigenvalue weighted by molar-refractivity contribution is -0.384. The quantitative estimate of drug-likeness (QED) is 0.545. The number of benzene rings is 2. The molecule has 0 spiro atoms. The van der Waals surface area contributed by atoms with Crippen molar-refractivity contribution in [2.75, 3.05) is 14.1 Å². The summed E-state index contributed by atoms with van der Waals surface area (Å²) in [5, 5.41) is 21.7. The van der Waals surface area contributed by atoms with Gasteiger partial charge in [-0.05, 0) is 49.8 Å². The second-order valence-electron chi connectivity index (χ2n) is 6.61. The lowest BCUT2D eigenvalue weighted by Crippen LogP contribution is -2.13. The minimum atomic E-state index is -0.490. The van der Waals surface area contributed by atoms with E-state index in [1.165, 1.54) is 30.5 Å². The van der Waals surface area contributed by atoms with Gasteiger partial charge in [-0.1, -0.05) is 6.92 Å². The molecule has 3 aromatic rings. The van der Waals surface area contributed by atoms with Gasteiger partial charge in [-0.2, -0.15) is 0 Å². The van der Waals surface area contributed by atoms with Gasteiger partial charge in [-0.3, -0.25) is 14.9 Å². The summed E-state index contributed by atoms with van der Waals surface area (Å²) in [6, 6.07) is 7.41. The van der Waals surface area contributed by atoms with Crippen LogP contribution in [0.2, 0.25) is 0 Å². The molecule has 1 heterocycles. The van der Waals surface area contributed by atoms with Crippen LogP contribution in [-0.4, -0.2) is 29.0 Å². The van der Waals surface area contributed by atoms with E-state index in [1.807, 2.05) is 25.9 Å². The number of hydrogen-bond acceptors (Lipinski definition) is 6. The van der Waals surface area contributed by atoms with Gasteiger partial charge in [0, 0.05) is 18.7 Å². The number of non-ortho nitro benzene ring substituents is 1. The van der Waals surface area contributed by atoms with Crippen LogP contribution < -0.4 is 5.43 Å². The number of fused-ring (bicyclic) bond motifs is 1. The van der Waals surface area contributed by atoms with Gasteiger partial charge in [0.2, 0.25) is 5.43 Å². The fourth-order valence-electron chi connectivity index (χ4n) is 3.09. The third-order valence-corrected chi connectivity index (χ3v) is 4.46. The number of phenols is 1. The zero-order valence-electron chi connectivity index (χ0n) is 15.4. The first-order chi connectivity index (χ1) is 12.8. The van der Waals surface area contributed by atoms with Gasteiger partial charge in [0.25, 0.3) is 5.69 Å². The van der Waals surface area contributed by atoms with Crippen LogP contribution in [-0.2, 0) is 13.0 Å². The second-order valence-corrected chi connectivity index (χ2v) is 6.61. The zero-order valence-corrected chi connectivity index (χ0v) is 15.4. The van der Waals surface area contributed by atoms with Crippen molar-refractivity contribution in [2.45, 2.75) is 19.9 Å². The van der Waals surface area contributed by atoms with E-state index in [-0.39, 0.29) is 16.9 Å². The molecule has 0 fully saturated rings. The number of hydrogen-bond donors (Lipinski definition) is 1. The standard InChI is InChI=1S/C20H20N2O5/c1-4-12-9-15-19(24)17(13-5-7-14(8-6-13)22(25)26)11-27-20(15)16(18(12)23)10-21(2)3/h5-9,11,23H,4,10H2,1-3H3. The predicted molar refractivity (Wildman–Crippen MR) is 103 cm³/mol. The Morgan fingerprint density at radius 2 is 1.89 bits per heavy atom. The molecule has 0 amide bonds. The number of nitro benzene ring substituents is 1. The minimum absolute atomic E-state index is 0.0459. The molecule has 1 aromatic heterocycles. The highest BCUT2D eigenvalue weighted by molar-refractivity contribution is 5.87. The van der Waals surface area contributed by atoms with Gasteiger partial charge in [0.05, 0.1) is 21.4 Å². The summed E-state index contributed by atoms with van der Waals surface area (Å²) < 4.78 is 5.75. The number of nitro groups is 1. The molecule has 0 aliphatic carbocycles. The van der Waals surface area contributed by atoms with E-state index >= 15 is 0 Å². The van der Waals surface area contributed by atoms with Crippen LogP contribution in [0.1, 0.15) is 18.1 Å². The first-order valence-corrected chi connectivity index (χ1v) is 8.52. The Labute approximate surface area is 155 Å². The third-order valence-electron chi connectivity index (χ3n) is 4.46. The summed E-state index contributed by atoms with van der Waals surface area (Å²) in [4.78, 5) is 25.3. The van der Waals surface area contributed by atoms with Crippen molar-refractivity contribution in [1.29, 1.82) is 0 Å². The molecule has 0 saturated heterocycles. The SMILES string of the molecule is CCc1cc2c(=O)c(-c3ccc([N+](=O)[O-])cc3)coc2c(CN(C)C)c1O. The Hall–Kier alpha value is -3.19. The molecular formula is C20H20N2O5.